The summed E-state index contributed by atoms with van der Waals surface area (Å²) in [5, 5.41) is 11.6. The van der Waals surface area contributed by atoms with Crippen molar-refractivity contribution in [2.24, 2.45) is 0 Å². The van der Waals surface area contributed by atoms with E-state index in [1.807, 2.05) is 0 Å². The fourth-order valence-corrected chi connectivity index (χ4v) is 2.46. The number of thioether (sulfide) groups is 1. The maximum Gasteiger partial charge on any atom is 0.264 e. The highest BCUT2D eigenvalue weighted by Gasteiger charge is 2.30. The Morgan fingerprint density at radius 1 is 1.71 bits per heavy atom. The fraction of sp³-hybridized carbons (Fsp3) is 0.500. The topological polar surface area (TPSA) is 73.2 Å². The highest BCUT2D eigenvalue weighted by atomic mass is 32.2. The number of halogens is 1. The van der Waals surface area contributed by atoms with E-state index < -0.39 is 12.6 Å². The lowest BCUT2D eigenvalue weighted by Crippen LogP contribution is -2.30. The Hall–Kier alpha value is -1.55. The summed E-state index contributed by atoms with van der Waals surface area (Å²) in [7, 11) is 0. The van der Waals surface area contributed by atoms with Crippen LogP contribution in [0.5, 0.6) is 0 Å². The number of hydrogen-bond donors (Lipinski definition) is 1. The second kappa shape index (κ2) is 6.25. The zero-order valence-corrected chi connectivity index (χ0v) is 10.1. The molecular formula is C10H12FN3O2S. The van der Waals surface area contributed by atoms with Gasteiger partial charge in [-0.25, -0.2) is 4.39 Å². The van der Waals surface area contributed by atoms with Gasteiger partial charge >= 0.3 is 0 Å². The molecule has 1 rings (SSSR count). The van der Waals surface area contributed by atoms with Crippen molar-refractivity contribution >= 4 is 23.6 Å². The third kappa shape index (κ3) is 2.97. The highest BCUT2D eigenvalue weighted by Crippen LogP contribution is 2.31. The summed E-state index contributed by atoms with van der Waals surface area (Å²) in [4.78, 5) is 24.4. The number of alkyl halides is 1. The van der Waals surface area contributed by atoms with Gasteiger partial charge in [-0.3, -0.25) is 9.59 Å². The molecule has 1 aliphatic heterocycles. The van der Waals surface area contributed by atoms with Crippen LogP contribution in [0.3, 0.4) is 0 Å². The van der Waals surface area contributed by atoms with Gasteiger partial charge in [-0.1, -0.05) is 11.8 Å². The number of amides is 2. The molecule has 1 heterocycles. The minimum absolute atomic E-state index is 0.126. The van der Waals surface area contributed by atoms with Gasteiger partial charge in [0.1, 0.15) is 23.3 Å². The summed E-state index contributed by atoms with van der Waals surface area (Å²) < 4.78 is 11.9. The second-order valence-corrected chi connectivity index (χ2v) is 4.13. The molecule has 1 saturated heterocycles. The highest BCUT2D eigenvalue weighted by molar-refractivity contribution is 8.04. The molecule has 0 aromatic carbocycles. The molecule has 92 valence electrons. The summed E-state index contributed by atoms with van der Waals surface area (Å²) in [6, 6.07) is 1.77. The van der Waals surface area contributed by atoms with Crippen LogP contribution in [-0.4, -0.2) is 42.2 Å². The third-order valence-electron chi connectivity index (χ3n) is 2.13. The molecule has 0 spiro atoms. The quantitative estimate of drug-likeness (QED) is 0.584. The Balaban J connectivity index is 2.95. The molecule has 0 bridgehead atoms. The van der Waals surface area contributed by atoms with Gasteiger partial charge < -0.3 is 10.2 Å². The van der Waals surface area contributed by atoms with E-state index in [1.54, 1.807) is 13.0 Å². The van der Waals surface area contributed by atoms with Gasteiger partial charge in [-0.2, -0.15) is 5.26 Å². The van der Waals surface area contributed by atoms with Gasteiger partial charge in [-0.15, -0.1) is 0 Å². The van der Waals surface area contributed by atoms with E-state index in [0.29, 0.717) is 11.6 Å². The molecule has 0 atom stereocenters. The maximum absolute atomic E-state index is 11.9. The van der Waals surface area contributed by atoms with Crippen LogP contribution in [0.15, 0.2) is 10.6 Å². The van der Waals surface area contributed by atoms with E-state index in [-0.39, 0.29) is 23.8 Å². The smallest absolute Gasteiger partial charge is 0.264 e. The summed E-state index contributed by atoms with van der Waals surface area (Å²) in [6.45, 7) is 1.34. The van der Waals surface area contributed by atoms with Crippen molar-refractivity contribution in [1.82, 2.24) is 10.2 Å². The Morgan fingerprint density at radius 2 is 2.41 bits per heavy atom. The van der Waals surface area contributed by atoms with Gasteiger partial charge in [0.05, 0.1) is 5.75 Å². The molecule has 0 saturated carbocycles. The molecule has 0 aromatic rings. The number of rotatable bonds is 4. The van der Waals surface area contributed by atoms with Gasteiger partial charge in [0.25, 0.3) is 5.91 Å². The van der Waals surface area contributed by atoms with Crippen LogP contribution >= 0.6 is 11.8 Å². The van der Waals surface area contributed by atoms with Crippen LogP contribution in [0.25, 0.3) is 0 Å². The Bertz CT molecular complexity index is 403. The first-order valence-corrected chi connectivity index (χ1v) is 6.06. The summed E-state index contributed by atoms with van der Waals surface area (Å²) in [5.74, 6) is -0.538. The normalized spacial score (nSPS) is 17.9. The number of hydrogen-bond acceptors (Lipinski definition) is 4. The molecule has 2 amide bonds. The predicted octanol–water partition coefficient (Wildman–Crippen LogP) is 0.403. The van der Waals surface area contributed by atoms with Crippen molar-refractivity contribution < 1.29 is 14.0 Å². The van der Waals surface area contributed by atoms with Crippen molar-refractivity contribution in [3.8, 4) is 6.07 Å². The maximum atomic E-state index is 11.9. The van der Waals surface area contributed by atoms with Crippen molar-refractivity contribution in [1.29, 1.82) is 5.26 Å². The first-order valence-electron chi connectivity index (χ1n) is 5.07. The molecule has 1 N–H and O–H groups in total. The Labute approximate surface area is 103 Å². The van der Waals surface area contributed by atoms with Crippen molar-refractivity contribution in [3.05, 3.63) is 10.6 Å². The van der Waals surface area contributed by atoms with Crippen molar-refractivity contribution in [3.63, 3.8) is 0 Å². The first kappa shape index (κ1) is 13.5. The lowest BCUT2D eigenvalue weighted by molar-refractivity contribution is -0.125. The van der Waals surface area contributed by atoms with Crippen LogP contribution in [-0.2, 0) is 9.59 Å². The van der Waals surface area contributed by atoms with Gasteiger partial charge in [0.15, 0.2) is 0 Å². The van der Waals surface area contributed by atoms with Gasteiger partial charge in [-0.05, 0) is 6.92 Å². The molecule has 0 radical (unpaired) electrons. The average molecular weight is 257 g/mol. The number of nitrogens with zero attached hydrogens (tertiary/aromatic N) is 2. The van der Waals surface area contributed by atoms with Crippen molar-refractivity contribution in [2.75, 3.05) is 25.5 Å². The monoisotopic (exact) mass is 257 g/mol. The minimum Gasteiger partial charge on any atom is -0.349 e. The lowest BCUT2D eigenvalue weighted by atomic mass is 10.3. The first-order chi connectivity index (χ1) is 8.15. The molecule has 1 aliphatic rings. The summed E-state index contributed by atoms with van der Waals surface area (Å²) in [5.41, 5.74) is -0.129. The number of nitrogens with one attached hydrogen (secondary N) is 1. The van der Waals surface area contributed by atoms with E-state index in [2.05, 4.69) is 5.32 Å². The molecule has 0 unspecified atom stereocenters. The molecule has 1 fully saturated rings. The van der Waals surface area contributed by atoms with E-state index in [9.17, 15) is 14.0 Å². The average Bonchev–Trinajstić information content (AvgIpc) is 2.69. The van der Waals surface area contributed by atoms with E-state index in [1.165, 1.54) is 4.90 Å². The third-order valence-corrected chi connectivity index (χ3v) is 3.22. The Kier molecular flexibility index (Phi) is 4.97. The SMILES string of the molecule is CCN1C(=O)CSC1=C(C#N)C(=O)NCCF. The summed E-state index contributed by atoms with van der Waals surface area (Å²) in [6.07, 6.45) is 0. The molecule has 0 aliphatic carbocycles. The zero-order valence-electron chi connectivity index (χ0n) is 9.33. The van der Waals surface area contributed by atoms with Gasteiger partial charge in [0.2, 0.25) is 5.91 Å². The van der Waals surface area contributed by atoms with Crippen LogP contribution in [0, 0.1) is 11.3 Å². The number of carbonyl (C=O) groups excluding carboxylic acids is 2. The molecule has 7 heteroatoms. The van der Waals surface area contributed by atoms with E-state index in [0.717, 1.165) is 11.8 Å². The van der Waals surface area contributed by atoms with E-state index >= 15 is 0 Å². The standard InChI is InChI=1S/C10H12FN3O2S/c1-2-14-8(15)6-17-10(14)7(5-12)9(16)13-4-3-11/h2-4,6H2,1H3,(H,13,16). The predicted molar refractivity (Wildman–Crippen MR) is 61.5 cm³/mol. The molecule has 0 aromatic heterocycles. The molecule has 5 nitrogen and oxygen atoms in total. The fourth-order valence-electron chi connectivity index (χ4n) is 1.37. The van der Waals surface area contributed by atoms with Gasteiger partial charge in [0, 0.05) is 13.1 Å². The van der Waals surface area contributed by atoms with Crippen LogP contribution < -0.4 is 5.32 Å². The number of carbonyl (C=O) groups is 2. The van der Waals surface area contributed by atoms with Crippen LogP contribution in [0.4, 0.5) is 4.39 Å². The summed E-state index contributed by atoms with van der Waals surface area (Å²) >= 11 is 1.16. The van der Waals surface area contributed by atoms with E-state index in [4.69, 9.17) is 5.26 Å². The second-order valence-electron chi connectivity index (χ2n) is 3.16. The van der Waals surface area contributed by atoms with Crippen LogP contribution in [0.1, 0.15) is 6.92 Å². The largest absolute Gasteiger partial charge is 0.349 e. The number of nitriles is 1. The van der Waals surface area contributed by atoms with Crippen molar-refractivity contribution in [2.45, 2.75) is 6.92 Å². The minimum atomic E-state index is -0.691. The Morgan fingerprint density at radius 3 is 2.94 bits per heavy atom. The zero-order chi connectivity index (χ0) is 12.8. The molecular weight excluding hydrogens is 245 g/mol. The molecule has 17 heavy (non-hydrogen) atoms. The lowest BCUT2D eigenvalue weighted by Gasteiger charge is -2.15. The van der Waals surface area contributed by atoms with Crippen LogP contribution in [0.2, 0.25) is 0 Å².